The van der Waals surface area contributed by atoms with Crippen molar-refractivity contribution >= 4 is 59.9 Å². The standard InChI is InChI=1S/C28H29GeNS/c1-28(2,3)24-16-19(15-18-9-7-8-10-21(18)24)26-27-23(13-14-30-26)22-12-11-20(29(4,5)6)17-25(22)31-27/h7-17H,1-6H3. The zero-order valence-electron chi connectivity index (χ0n) is 19.2. The van der Waals surface area contributed by atoms with E-state index in [2.05, 4.69) is 98.7 Å². The summed E-state index contributed by atoms with van der Waals surface area (Å²) in [5.41, 5.74) is 3.77. The van der Waals surface area contributed by atoms with Crippen molar-refractivity contribution in [1.82, 2.24) is 4.98 Å². The second kappa shape index (κ2) is 7.18. The molecule has 156 valence electrons. The van der Waals surface area contributed by atoms with Gasteiger partial charge in [-0.25, -0.2) is 0 Å². The second-order valence-electron chi connectivity index (χ2n) is 10.6. The maximum atomic E-state index is 4.90. The summed E-state index contributed by atoms with van der Waals surface area (Å²) in [5, 5.41) is 5.30. The Hall–Kier alpha value is -2.17. The Bertz CT molecular complexity index is 1450. The fourth-order valence-electron chi connectivity index (χ4n) is 4.44. The van der Waals surface area contributed by atoms with E-state index < -0.39 is 13.3 Å². The zero-order chi connectivity index (χ0) is 22.0. The predicted octanol–water partition coefficient (Wildman–Crippen LogP) is 8.11. The fraction of sp³-hybridized carbons (Fsp3) is 0.250. The van der Waals surface area contributed by atoms with Gasteiger partial charge in [-0.2, -0.15) is 0 Å². The normalized spacial score (nSPS) is 12.8. The van der Waals surface area contributed by atoms with Gasteiger partial charge in [0.05, 0.1) is 0 Å². The third-order valence-electron chi connectivity index (χ3n) is 6.20. The van der Waals surface area contributed by atoms with Crippen LogP contribution in [0.1, 0.15) is 26.3 Å². The summed E-state index contributed by atoms with van der Waals surface area (Å²) in [6.07, 6.45) is 1.98. The molecule has 0 unspecified atom stereocenters. The molecule has 0 radical (unpaired) electrons. The summed E-state index contributed by atoms with van der Waals surface area (Å²) in [6.45, 7) is 6.89. The van der Waals surface area contributed by atoms with E-state index in [1.54, 1.807) is 4.40 Å². The third-order valence-corrected chi connectivity index (χ3v) is 11.7. The van der Waals surface area contributed by atoms with Crippen LogP contribution in [0, 0.1) is 0 Å². The van der Waals surface area contributed by atoms with Gasteiger partial charge in [-0.15, -0.1) is 0 Å². The summed E-state index contributed by atoms with van der Waals surface area (Å²) in [5.74, 6) is 7.39. The molecular formula is C28H29GeNS. The Morgan fingerprint density at radius 3 is 2.32 bits per heavy atom. The molecule has 0 saturated carbocycles. The van der Waals surface area contributed by atoms with Gasteiger partial charge in [0.25, 0.3) is 0 Å². The molecule has 0 saturated heterocycles. The molecule has 0 aliphatic heterocycles. The van der Waals surface area contributed by atoms with Crippen LogP contribution in [0.4, 0.5) is 0 Å². The van der Waals surface area contributed by atoms with Crippen molar-refractivity contribution in [2.75, 3.05) is 0 Å². The van der Waals surface area contributed by atoms with Gasteiger partial charge in [-0.05, 0) is 0 Å². The summed E-state index contributed by atoms with van der Waals surface area (Å²) >= 11 is 0.0335. The van der Waals surface area contributed by atoms with Crippen molar-refractivity contribution < 1.29 is 0 Å². The SMILES string of the molecule is CC(C)(C)c1cc(-c2nccc3c2sc2c[c]([Ge]([CH3])([CH3])[CH3])ccc23)cc2ccccc12. The van der Waals surface area contributed by atoms with Crippen LogP contribution in [0.5, 0.6) is 0 Å². The Kier molecular flexibility index (Phi) is 4.80. The number of nitrogens with zero attached hydrogens (tertiary/aromatic N) is 1. The van der Waals surface area contributed by atoms with Crippen molar-refractivity contribution in [1.29, 1.82) is 0 Å². The first-order chi connectivity index (χ1) is 14.6. The van der Waals surface area contributed by atoms with Gasteiger partial charge in [0.15, 0.2) is 0 Å². The van der Waals surface area contributed by atoms with E-state index in [1.165, 1.54) is 42.1 Å². The second-order valence-corrected chi connectivity index (χ2v) is 22.3. The van der Waals surface area contributed by atoms with Crippen molar-refractivity contribution in [3.8, 4) is 11.3 Å². The maximum absolute atomic E-state index is 4.90. The van der Waals surface area contributed by atoms with Gasteiger partial charge < -0.3 is 0 Å². The quantitative estimate of drug-likeness (QED) is 0.231. The average Bonchev–Trinajstić information content (AvgIpc) is 3.09. The minimum absolute atomic E-state index is 0.0670. The molecule has 3 heteroatoms. The summed E-state index contributed by atoms with van der Waals surface area (Å²) in [6, 6.07) is 22.7. The van der Waals surface area contributed by atoms with E-state index in [-0.39, 0.29) is 5.41 Å². The van der Waals surface area contributed by atoms with Crippen molar-refractivity contribution in [3.05, 3.63) is 72.4 Å². The van der Waals surface area contributed by atoms with Gasteiger partial charge >= 0.3 is 192 Å². The van der Waals surface area contributed by atoms with Crippen LogP contribution >= 0.6 is 11.3 Å². The van der Waals surface area contributed by atoms with Crippen LogP contribution < -0.4 is 4.40 Å². The molecule has 3 aromatic carbocycles. The Morgan fingerprint density at radius 1 is 0.806 bits per heavy atom. The molecule has 0 atom stereocenters. The number of aromatic nitrogens is 1. The van der Waals surface area contributed by atoms with E-state index in [1.807, 2.05) is 17.5 Å². The molecule has 0 spiro atoms. The van der Waals surface area contributed by atoms with E-state index >= 15 is 0 Å². The van der Waals surface area contributed by atoms with E-state index in [0.717, 1.165) is 5.69 Å². The van der Waals surface area contributed by atoms with E-state index in [4.69, 9.17) is 4.98 Å². The molecular weight excluding hydrogens is 455 g/mol. The monoisotopic (exact) mass is 485 g/mol. The van der Waals surface area contributed by atoms with Crippen molar-refractivity contribution in [2.24, 2.45) is 0 Å². The molecule has 2 heterocycles. The van der Waals surface area contributed by atoms with Gasteiger partial charge in [0.2, 0.25) is 0 Å². The number of pyridine rings is 1. The number of thiophene rings is 1. The average molecular weight is 484 g/mol. The van der Waals surface area contributed by atoms with Crippen LogP contribution in [0.3, 0.4) is 0 Å². The fourth-order valence-corrected chi connectivity index (χ4v) is 8.35. The molecule has 1 nitrogen and oxygen atoms in total. The molecule has 5 aromatic rings. The number of benzene rings is 3. The van der Waals surface area contributed by atoms with Crippen LogP contribution in [-0.2, 0) is 5.41 Å². The third kappa shape index (κ3) is 3.60. The molecule has 0 fully saturated rings. The molecule has 0 bridgehead atoms. The number of rotatable bonds is 2. The van der Waals surface area contributed by atoms with Crippen LogP contribution in [0.15, 0.2) is 66.9 Å². The van der Waals surface area contributed by atoms with Crippen molar-refractivity contribution in [2.45, 2.75) is 43.5 Å². The van der Waals surface area contributed by atoms with Crippen LogP contribution in [0.25, 0.3) is 42.2 Å². The summed E-state index contributed by atoms with van der Waals surface area (Å²) in [7, 11) is 0. The molecule has 0 aliphatic rings. The van der Waals surface area contributed by atoms with Crippen LogP contribution in [-0.4, -0.2) is 18.3 Å². The minimum atomic E-state index is -1.87. The first-order valence-electron chi connectivity index (χ1n) is 11.0. The Morgan fingerprint density at radius 2 is 1.58 bits per heavy atom. The van der Waals surface area contributed by atoms with E-state index in [9.17, 15) is 0 Å². The number of fused-ring (bicyclic) bond motifs is 4. The summed E-state index contributed by atoms with van der Waals surface area (Å²) in [4.78, 5) is 4.90. The number of hydrogen-bond acceptors (Lipinski definition) is 2. The van der Waals surface area contributed by atoms with Gasteiger partial charge in [-0.3, -0.25) is 0 Å². The predicted molar refractivity (Wildman–Crippen MR) is 142 cm³/mol. The molecule has 2 aromatic heterocycles. The summed E-state index contributed by atoms with van der Waals surface area (Å²) < 4.78 is 4.25. The number of hydrogen-bond donors (Lipinski definition) is 0. The van der Waals surface area contributed by atoms with Crippen molar-refractivity contribution in [3.63, 3.8) is 0 Å². The first-order valence-corrected chi connectivity index (χ1v) is 19.1. The molecule has 5 rings (SSSR count). The Labute approximate surface area is 191 Å². The first kappa shape index (κ1) is 20.7. The van der Waals surface area contributed by atoms with Crippen LogP contribution in [0.2, 0.25) is 17.3 Å². The zero-order valence-corrected chi connectivity index (χ0v) is 22.1. The van der Waals surface area contributed by atoms with Gasteiger partial charge in [0, 0.05) is 0 Å². The van der Waals surface area contributed by atoms with E-state index in [0.29, 0.717) is 0 Å². The topological polar surface area (TPSA) is 12.9 Å². The molecule has 31 heavy (non-hydrogen) atoms. The van der Waals surface area contributed by atoms with Gasteiger partial charge in [0.1, 0.15) is 0 Å². The Balaban J connectivity index is 1.80. The molecule has 0 N–H and O–H groups in total. The molecule has 0 amide bonds. The molecule has 0 aliphatic carbocycles. The van der Waals surface area contributed by atoms with Gasteiger partial charge in [-0.1, -0.05) is 0 Å².